The minimum Gasteiger partial charge on any atom is -0.345 e. The molecule has 0 aliphatic carbocycles. The second kappa shape index (κ2) is 10.1. The molecule has 1 atom stereocenters. The summed E-state index contributed by atoms with van der Waals surface area (Å²) in [5.74, 6) is -0.426. The van der Waals surface area contributed by atoms with Crippen LogP contribution in [0.4, 0.5) is 0 Å². The maximum atomic E-state index is 13.1. The van der Waals surface area contributed by atoms with E-state index in [0.29, 0.717) is 11.3 Å². The van der Waals surface area contributed by atoms with E-state index in [0.717, 1.165) is 27.6 Å². The molecule has 0 aliphatic rings. The molecular formula is C31H24N4O. The number of nitrogens with one attached hydrogen (secondary N) is 1. The van der Waals surface area contributed by atoms with E-state index >= 15 is 0 Å². The number of rotatable bonds is 6. The standard InChI is InChI=1S/C31H24N4O/c1-22(23-11-4-2-5-12-23)33-31(36)25(20-32)19-26-21-35(27-15-6-3-7-16-27)34-30(26)29-18-10-14-24-13-8-9-17-28(24)29/h2-19,21-22H,1H3,(H,33,36). The number of carbonyl (C=O) groups is 1. The van der Waals surface area contributed by atoms with E-state index in [4.69, 9.17) is 5.10 Å². The van der Waals surface area contributed by atoms with E-state index in [1.165, 1.54) is 0 Å². The van der Waals surface area contributed by atoms with Gasteiger partial charge in [-0.1, -0.05) is 91.0 Å². The van der Waals surface area contributed by atoms with Crippen LogP contribution in [-0.4, -0.2) is 15.7 Å². The lowest BCUT2D eigenvalue weighted by atomic mass is 9.99. The maximum absolute atomic E-state index is 13.1. The van der Waals surface area contributed by atoms with Gasteiger partial charge in [0.15, 0.2) is 0 Å². The van der Waals surface area contributed by atoms with Gasteiger partial charge < -0.3 is 5.32 Å². The Morgan fingerprint density at radius 3 is 2.33 bits per heavy atom. The van der Waals surface area contributed by atoms with Gasteiger partial charge in [0.25, 0.3) is 5.91 Å². The first-order valence-electron chi connectivity index (χ1n) is 11.7. The molecule has 5 nitrogen and oxygen atoms in total. The first-order chi connectivity index (χ1) is 17.6. The molecule has 0 bridgehead atoms. The molecule has 1 amide bonds. The zero-order chi connectivity index (χ0) is 24.9. The molecule has 0 aliphatic heterocycles. The second-order valence-electron chi connectivity index (χ2n) is 8.52. The van der Waals surface area contributed by atoms with Crippen LogP contribution in [0.3, 0.4) is 0 Å². The Balaban J connectivity index is 1.59. The molecule has 0 fully saturated rings. The Bertz CT molecular complexity index is 1590. The van der Waals surface area contributed by atoms with Gasteiger partial charge in [-0.25, -0.2) is 4.68 Å². The summed E-state index contributed by atoms with van der Waals surface area (Å²) >= 11 is 0. The third kappa shape index (κ3) is 4.66. The molecule has 0 spiro atoms. The fourth-order valence-electron chi connectivity index (χ4n) is 4.25. The smallest absolute Gasteiger partial charge is 0.262 e. The molecule has 36 heavy (non-hydrogen) atoms. The highest BCUT2D eigenvalue weighted by atomic mass is 16.1. The molecule has 0 radical (unpaired) electrons. The van der Waals surface area contributed by atoms with Gasteiger partial charge in [0, 0.05) is 17.3 Å². The molecule has 0 saturated heterocycles. The number of amides is 1. The molecule has 5 aromatic rings. The van der Waals surface area contributed by atoms with Gasteiger partial charge in [-0.2, -0.15) is 10.4 Å². The van der Waals surface area contributed by atoms with Crippen molar-refractivity contribution in [2.75, 3.05) is 0 Å². The van der Waals surface area contributed by atoms with Crippen LogP contribution in [0, 0.1) is 11.3 Å². The SMILES string of the molecule is CC(NC(=O)C(C#N)=Cc1cn(-c2ccccc2)nc1-c1cccc2ccccc12)c1ccccc1. The summed E-state index contributed by atoms with van der Waals surface area (Å²) in [5, 5.41) is 19.9. The minimum absolute atomic E-state index is 0.0203. The molecule has 174 valence electrons. The maximum Gasteiger partial charge on any atom is 0.262 e. The highest BCUT2D eigenvalue weighted by Gasteiger charge is 2.18. The van der Waals surface area contributed by atoms with Gasteiger partial charge in [0.1, 0.15) is 17.3 Å². The van der Waals surface area contributed by atoms with E-state index in [1.807, 2.05) is 98.0 Å². The quantitative estimate of drug-likeness (QED) is 0.229. The van der Waals surface area contributed by atoms with Crippen molar-refractivity contribution < 1.29 is 4.79 Å². The Morgan fingerprint density at radius 1 is 0.917 bits per heavy atom. The van der Waals surface area contributed by atoms with Gasteiger partial charge in [0.05, 0.1) is 11.7 Å². The van der Waals surface area contributed by atoms with Gasteiger partial charge in [0.2, 0.25) is 0 Å². The largest absolute Gasteiger partial charge is 0.345 e. The van der Waals surface area contributed by atoms with E-state index in [9.17, 15) is 10.1 Å². The van der Waals surface area contributed by atoms with Crippen LogP contribution in [0.25, 0.3) is 33.8 Å². The summed E-state index contributed by atoms with van der Waals surface area (Å²) in [6.07, 6.45) is 3.48. The zero-order valence-corrected chi connectivity index (χ0v) is 19.8. The predicted octanol–water partition coefficient (Wildman–Crippen LogP) is 6.48. The van der Waals surface area contributed by atoms with Crippen LogP contribution in [0.2, 0.25) is 0 Å². The number of benzene rings is 4. The van der Waals surface area contributed by atoms with Crippen LogP contribution in [-0.2, 0) is 4.79 Å². The van der Waals surface area contributed by atoms with Crippen LogP contribution in [0.5, 0.6) is 0 Å². The van der Waals surface area contributed by atoms with Gasteiger partial charge >= 0.3 is 0 Å². The van der Waals surface area contributed by atoms with Crippen molar-refractivity contribution in [1.29, 1.82) is 5.26 Å². The third-order valence-corrected chi connectivity index (χ3v) is 6.12. The minimum atomic E-state index is -0.426. The van der Waals surface area contributed by atoms with Crippen molar-refractivity contribution in [2.24, 2.45) is 0 Å². The zero-order valence-electron chi connectivity index (χ0n) is 19.8. The van der Waals surface area contributed by atoms with Gasteiger partial charge in [-0.05, 0) is 41.5 Å². The van der Waals surface area contributed by atoms with Crippen molar-refractivity contribution in [3.63, 3.8) is 0 Å². The number of para-hydroxylation sites is 1. The molecule has 0 saturated carbocycles. The predicted molar refractivity (Wildman–Crippen MR) is 143 cm³/mol. The lowest BCUT2D eigenvalue weighted by Crippen LogP contribution is -2.27. The molecule has 1 N–H and O–H groups in total. The molecule has 5 rings (SSSR count). The number of hydrogen-bond acceptors (Lipinski definition) is 3. The number of nitrogens with zero attached hydrogens (tertiary/aromatic N) is 3. The monoisotopic (exact) mass is 468 g/mol. The first-order valence-corrected chi connectivity index (χ1v) is 11.7. The van der Waals surface area contributed by atoms with Crippen molar-refractivity contribution in [3.05, 3.63) is 126 Å². The van der Waals surface area contributed by atoms with E-state index < -0.39 is 5.91 Å². The number of fused-ring (bicyclic) bond motifs is 1. The fraction of sp³-hybridized carbons (Fsp3) is 0.0645. The van der Waals surface area contributed by atoms with E-state index in [2.05, 4.69) is 29.6 Å². The summed E-state index contributed by atoms with van der Waals surface area (Å²) < 4.78 is 1.78. The van der Waals surface area contributed by atoms with Crippen molar-refractivity contribution in [3.8, 4) is 23.0 Å². The van der Waals surface area contributed by atoms with E-state index in [1.54, 1.807) is 10.8 Å². The molecule has 5 heteroatoms. The van der Waals surface area contributed by atoms with Crippen LogP contribution >= 0.6 is 0 Å². The van der Waals surface area contributed by atoms with Crippen LogP contribution in [0.15, 0.2) is 115 Å². The molecule has 1 unspecified atom stereocenters. The van der Waals surface area contributed by atoms with Crippen molar-refractivity contribution in [1.82, 2.24) is 15.1 Å². The topological polar surface area (TPSA) is 70.7 Å². The third-order valence-electron chi connectivity index (χ3n) is 6.12. The van der Waals surface area contributed by atoms with Crippen molar-refractivity contribution >= 4 is 22.8 Å². The number of nitriles is 1. The molecule has 1 aromatic heterocycles. The van der Waals surface area contributed by atoms with Crippen LogP contribution < -0.4 is 5.32 Å². The average molecular weight is 469 g/mol. The number of carbonyl (C=O) groups excluding carboxylic acids is 1. The lowest BCUT2D eigenvalue weighted by Gasteiger charge is -2.13. The van der Waals surface area contributed by atoms with Crippen LogP contribution in [0.1, 0.15) is 24.1 Å². The Hall–Kier alpha value is -4.95. The summed E-state index contributed by atoms with van der Waals surface area (Å²) in [6, 6.07) is 35.5. The van der Waals surface area contributed by atoms with E-state index in [-0.39, 0.29) is 11.6 Å². The van der Waals surface area contributed by atoms with Crippen molar-refractivity contribution in [2.45, 2.75) is 13.0 Å². The van der Waals surface area contributed by atoms with Gasteiger partial charge in [-0.3, -0.25) is 4.79 Å². The molecular weight excluding hydrogens is 444 g/mol. The summed E-state index contributed by atoms with van der Waals surface area (Å²) in [4.78, 5) is 13.1. The highest BCUT2D eigenvalue weighted by Crippen LogP contribution is 2.32. The average Bonchev–Trinajstić information content (AvgIpc) is 3.36. The summed E-state index contributed by atoms with van der Waals surface area (Å²) in [5.41, 5.74) is 4.20. The Labute approximate surface area is 209 Å². The Kier molecular flexibility index (Phi) is 6.42. The normalized spacial score (nSPS) is 12.2. The van der Waals surface area contributed by atoms with Gasteiger partial charge in [-0.15, -0.1) is 0 Å². The fourth-order valence-corrected chi connectivity index (χ4v) is 4.25. The first kappa shape index (κ1) is 22.8. The summed E-state index contributed by atoms with van der Waals surface area (Å²) in [6.45, 7) is 1.90. The Morgan fingerprint density at radius 2 is 1.58 bits per heavy atom. The molecule has 1 heterocycles. The molecule has 4 aromatic carbocycles. The second-order valence-corrected chi connectivity index (χ2v) is 8.52. The highest BCUT2D eigenvalue weighted by molar-refractivity contribution is 6.04. The summed E-state index contributed by atoms with van der Waals surface area (Å²) in [7, 11) is 0. The number of hydrogen-bond donors (Lipinski definition) is 1. The number of aromatic nitrogens is 2. The lowest BCUT2D eigenvalue weighted by molar-refractivity contribution is -0.117.